The molecule has 0 unspecified atom stereocenters. The highest BCUT2D eigenvalue weighted by Gasteiger charge is 2.05. The van der Waals surface area contributed by atoms with Gasteiger partial charge in [0, 0.05) is 12.6 Å². The molecule has 78 valence electrons. The lowest BCUT2D eigenvalue weighted by molar-refractivity contribution is 0.340. The molecule has 0 saturated heterocycles. The predicted octanol–water partition coefficient (Wildman–Crippen LogP) is 1.30. The lowest BCUT2D eigenvalue weighted by Gasteiger charge is -2.14. The number of benzene rings is 1. The molecule has 3 heteroatoms. The standard InChI is InChI=1S/C11H18N2O/c1-3-14-10-6-4-9(5-7-10)11(8-12)13-2/h4-7,11,13H,3,8,12H2,1-2H3/t11-/m0/s1. The van der Waals surface area contributed by atoms with Crippen molar-refractivity contribution in [3.63, 3.8) is 0 Å². The second kappa shape index (κ2) is 5.62. The molecule has 0 spiro atoms. The Kier molecular flexibility index (Phi) is 4.43. The molecule has 0 amide bonds. The summed E-state index contributed by atoms with van der Waals surface area (Å²) in [6.45, 7) is 3.28. The Morgan fingerprint density at radius 2 is 2.00 bits per heavy atom. The van der Waals surface area contributed by atoms with Crippen molar-refractivity contribution < 1.29 is 4.74 Å². The van der Waals surface area contributed by atoms with Crippen molar-refractivity contribution in [2.75, 3.05) is 20.2 Å². The molecule has 1 rings (SSSR count). The van der Waals surface area contributed by atoms with E-state index in [9.17, 15) is 0 Å². The Balaban J connectivity index is 2.71. The zero-order valence-electron chi connectivity index (χ0n) is 8.79. The summed E-state index contributed by atoms with van der Waals surface area (Å²) in [4.78, 5) is 0. The van der Waals surface area contributed by atoms with Gasteiger partial charge >= 0.3 is 0 Å². The van der Waals surface area contributed by atoms with E-state index >= 15 is 0 Å². The fourth-order valence-electron chi connectivity index (χ4n) is 1.38. The molecule has 0 bridgehead atoms. The highest BCUT2D eigenvalue weighted by Crippen LogP contribution is 2.16. The Hall–Kier alpha value is -1.06. The molecule has 3 N–H and O–H groups in total. The van der Waals surface area contributed by atoms with E-state index in [-0.39, 0.29) is 6.04 Å². The Morgan fingerprint density at radius 1 is 1.36 bits per heavy atom. The number of hydrogen-bond acceptors (Lipinski definition) is 3. The van der Waals surface area contributed by atoms with Crippen molar-refractivity contribution in [2.45, 2.75) is 13.0 Å². The van der Waals surface area contributed by atoms with Crippen LogP contribution in [0.3, 0.4) is 0 Å². The predicted molar refractivity (Wildman–Crippen MR) is 58.5 cm³/mol. The lowest BCUT2D eigenvalue weighted by Crippen LogP contribution is -2.24. The second-order valence-electron chi connectivity index (χ2n) is 3.08. The Morgan fingerprint density at radius 3 is 2.43 bits per heavy atom. The molecule has 0 saturated carbocycles. The van der Waals surface area contributed by atoms with Gasteiger partial charge in [0.15, 0.2) is 0 Å². The lowest BCUT2D eigenvalue weighted by atomic mass is 10.1. The smallest absolute Gasteiger partial charge is 0.119 e. The van der Waals surface area contributed by atoms with Gasteiger partial charge in [-0.25, -0.2) is 0 Å². The van der Waals surface area contributed by atoms with E-state index in [2.05, 4.69) is 5.32 Å². The van der Waals surface area contributed by atoms with Gasteiger partial charge in [-0.3, -0.25) is 0 Å². The molecular weight excluding hydrogens is 176 g/mol. The van der Waals surface area contributed by atoms with Crippen LogP contribution in [0, 0.1) is 0 Å². The van der Waals surface area contributed by atoms with Gasteiger partial charge in [0.25, 0.3) is 0 Å². The molecule has 0 heterocycles. The minimum Gasteiger partial charge on any atom is -0.494 e. The number of rotatable bonds is 5. The van der Waals surface area contributed by atoms with Crippen molar-refractivity contribution in [3.8, 4) is 5.75 Å². The largest absolute Gasteiger partial charge is 0.494 e. The van der Waals surface area contributed by atoms with Crippen LogP contribution in [0.4, 0.5) is 0 Å². The van der Waals surface area contributed by atoms with Crippen LogP contribution in [0.2, 0.25) is 0 Å². The maximum Gasteiger partial charge on any atom is 0.119 e. The van der Waals surface area contributed by atoms with Crippen LogP contribution >= 0.6 is 0 Å². The van der Waals surface area contributed by atoms with Gasteiger partial charge in [-0.05, 0) is 31.7 Å². The summed E-state index contributed by atoms with van der Waals surface area (Å²) in [5, 5.41) is 3.15. The summed E-state index contributed by atoms with van der Waals surface area (Å²) in [6.07, 6.45) is 0. The molecule has 0 aliphatic heterocycles. The molecule has 3 nitrogen and oxygen atoms in total. The fourth-order valence-corrected chi connectivity index (χ4v) is 1.38. The van der Waals surface area contributed by atoms with Gasteiger partial charge in [0.05, 0.1) is 6.61 Å². The fraction of sp³-hybridized carbons (Fsp3) is 0.455. The van der Waals surface area contributed by atoms with Gasteiger partial charge in [0.2, 0.25) is 0 Å². The molecule has 1 aromatic rings. The molecule has 14 heavy (non-hydrogen) atoms. The Bertz CT molecular complexity index is 254. The summed E-state index contributed by atoms with van der Waals surface area (Å²) in [5.41, 5.74) is 6.81. The minimum atomic E-state index is 0.227. The van der Waals surface area contributed by atoms with E-state index in [4.69, 9.17) is 10.5 Å². The number of ether oxygens (including phenoxy) is 1. The van der Waals surface area contributed by atoms with Crippen LogP contribution in [0.25, 0.3) is 0 Å². The SMILES string of the molecule is CCOc1ccc([C@H](CN)NC)cc1. The highest BCUT2D eigenvalue weighted by molar-refractivity contribution is 5.29. The maximum atomic E-state index is 5.62. The minimum absolute atomic E-state index is 0.227. The molecular formula is C11H18N2O. The van der Waals surface area contributed by atoms with E-state index in [0.717, 1.165) is 5.75 Å². The molecule has 0 fully saturated rings. The third kappa shape index (κ3) is 2.72. The van der Waals surface area contributed by atoms with Gasteiger partial charge < -0.3 is 15.8 Å². The summed E-state index contributed by atoms with van der Waals surface area (Å²) in [6, 6.07) is 8.25. The first-order chi connectivity index (χ1) is 6.81. The molecule has 1 aromatic carbocycles. The maximum absolute atomic E-state index is 5.62. The molecule has 0 aliphatic rings. The summed E-state index contributed by atoms with van der Waals surface area (Å²) in [7, 11) is 1.91. The van der Waals surface area contributed by atoms with Crippen molar-refractivity contribution in [2.24, 2.45) is 5.73 Å². The van der Waals surface area contributed by atoms with E-state index in [1.807, 2.05) is 38.2 Å². The average molecular weight is 194 g/mol. The van der Waals surface area contributed by atoms with Crippen LogP contribution in [0.5, 0.6) is 5.75 Å². The van der Waals surface area contributed by atoms with E-state index in [1.165, 1.54) is 5.56 Å². The highest BCUT2D eigenvalue weighted by atomic mass is 16.5. The van der Waals surface area contributed by atoms with Gasteiger partial charge in [-0.2, -0.15) is 0 Å². The topological polar surface area (TPSA) is 47.3 Å². The number of hydrogen-bond donors (Lipinski definition) is 2. The van der Waals surface area contributed by atoms with Gasteiger partial charge in [-0.15, -0.1) is 0 Å². The van der Waals surface area contributed by atoms with E-state index in [1.54, 1.807) is 0 Å². The van der Waals surface area contributed by atoms with Gasteiger partial charge in [0.1, 0.15) is 5.75 Å². The third-order valence-corrected chi connectivity index (χ3v) is 2.18. The molecule has 0 aliphatic carbocycles. The van der Waals surface area contributed by atoms with Crippen molar-refractivity contribution in [3.05, 3.63) is 29.8 Å². The summed E-state index contributed by atoms with van der Waals surface area (Å²) in [5.74, 6) is 0.906. The second-order valence-corrected chi connectivity index (χ2v) is 3.08. The monoisotopic (exact) mass is 194 g/mol. The number of nitrogens with one attached hydrogen (secondary N) is 1. The van der Waals surface area contributed by atoms with Crippen LogP contribution in [0.1, 0.15) is 18.5 Å². The van der Waals surface area contributed by atoms with E-state index < -0.39 is 0 Å². The van der Waals surface area contributed by atoms with Crippen molar-refractivity contribution >= 4 is 0 Å². The quantitative estimate of drug-likeness (QED) is 0.743. The van der Waals surface area contributed by atoms with Gasteiger partial charge in [-0.1, -0.05) is 12.1 Å². The van der Waals surface area contributed by atoms with E-state index in [0.29, 0.717) is 13.2 Å². The number of likely N-dealkylation sites (N-methyl/N-ethyl adjacent to an activating group) is 1. The first-order valence-electron chi connectivity index (χ1n) is 4.92. The first-order valence-corrected chi connectivity index (χ1v) is 4.92. The van der Waals surface area contributed by atoms with Crippen LogP contribution in [0.15, 0.2) is 24.3 Å². The van der Waals surface area contributed by atoms with Crippen molar-refractivity contribution in [1.29, 1.82) is 0 Å². The van der Waals surface area contributed by atoms with Crippen molar-refractivity contribution in [1.82, 2.24) is 5.32 Å². The van der Waals surface area contributed by atoms with Crippen LogP contribution in [-0.2, 0) is 0 Å². The average Bonchev–Trinajstić information content (AvgIpc) is 2.23. The molecule has 0 aromatic heterocycles. The Labute approximate surface area is 85.3 Å². The summed E-state index contributed by atoms with van der Waals surface area (Å²) < 4.78 is 5.36. The van der Waals surface area contributed by atoms with Crippen LogP contribution in [-0.4, -0.2) is 20.2 Å². The zero-order chi connectivity index (χ0) is 10.4. The summed E-state index contributed by atoms with van der Waals surface area (Å²) >= 11 is 0. The van der Waals surface area contributed by atoms with Crippen LogP contribution < -0.4 is 15.8 Å². The third-order valence-electron chi connectivity index (χ3n) is 2.18. The normalized spacial score (nSPS) is 12.5. The first kappa shape index (κ1) is 11.0. The molecule has 1 atom stereocenters. The number of nitrogens with two attached hydrogens (primary N) is 1. The molecule has 0 radical (unpaired) electrons. The zero-order valence-corrected chi connectivity index (χ0v) is 8.79.